The van der Waals surface area contributed by atoms with Crippen molar-refractivity contribution in [3.63, 3.8) is 0 Å². The summed E-state index contributed by atoms with van der Waals surface area (Å²) in [5.41, 5.74) is 3.95. The number of aromatic nitrogens is 3. The summed E-state index contributed by atoms with van der Waals surface area (Å²) >= 11 is 1.10. The fourth-order valence-corrected chi connectivity index (χ4v) is 8.25. The van der Waals surface area contributed by atoms with Gasteiger partial charge >= 0.3 is 6.18 Å². The van der Waals surface area contributed by atoms with Crippen LogP contribution in [-0.4, -0.2) is 68.8 Å². The molecular formula is C36H43F3N8S. The van der Waals surface area contributed by atoms with E-state index in [4.69, 9.17) is 0 Å². The lowest BCUT2D eigenvalue weighted by atomic mass is 9.81. The second kappa shape index (κ2) is 13.7. The van der Waals surface area contributed by atoms with Crippen LogP contribution < -0.4 is 5.32 Å². The maximum Gasteiger partial charge on any atom is 0.393 e. The second-order valence-corrected chi connectivity index (χ2v) is 15.0. The van der Waals surface area contributed by atoms with Gasteiger partial charge in [-0.15, -0.1) is 11.3 Å². The molecule has 0 bridgehead atoms. The number of thiophene rings is 1. The van der Waals surface area contributed by atoms with Gasteiger partial charge in [-0.2, -0.15) is 23.7 Å². The zero-order valence-corrected chi connectivity index (χ0v) is 28.9. The SMILES string of the molecule is CCc1nc(NC2CCN(Cc3ccc4c(cc(C#N)n4C[C@H](C)N4CCC(C)(C#N)CC4)c3C)CC2)c2cc(CC(F)(F)F)sc2n1. The number of halogens is 3. The number of nitrogens with one attached hydrogen (secondary N) is 1. The monoisotopic (exact) mass is 676 g/mol. The van der Waals surface area contributed by atoms with Gasteiger partial charge in [0.15, 0.2) is 0 Å². The zero-order chi connectivity index (χ0) is 34.2. The second-order valence-electron chi connectivity index (χ2n) is 13.9. The Hall–Kier alpha value is -3.71. The molecule has 0 saturated carbocycles. The average Bonchev–Trinajstić information content (AvgIpc) is 3.63. The van der Waals surface area contributed by atoms with E-state index in [1.54, 1.807) is 6.07 Å². The number of nitriles is 2. The molecule has 1 N–H and O–H groups in total. The Labute approximate surface area is 284 Å². The van der Waals surface area contributed by atoms with Gasteiger partial charge in [0.25, 0.3) is 0 Å². The first-order chi connectivity index (χ1) is 22.9. The van der Waals surface area contributed by atoms with Crippen LogP contribution in [0.3, 0.4) is 0 Å². The molecule has 0 spiro atoms. The van der Waals surface area contributed by atoms with Gasteiger partial charge in [0.05, 0.1) is 23.3 Å². The van der Waals surface area contributed by atoms with Gasteiger partial charge < -0.3 is 9.88 Å². The summed E-state index contributed by atoms with van der Waals surface area (Å²) in [6.45, 7) is 13.4. The fraction of sp³-hybridized carbons (Fsp3) is 0.556. The normalized spacial score (nSPS) is 18.6. The van der Waals surface area contributed by atoms with E-state index >= 15 is 0 Å². The van der Waals surface area contributed by atoms with E-state index < -0.39 is 12.6 Å². The topological polar surface area (TPSA) is 96.8 Å². The van der Waals surface area contributed by atoms with Crippen molar-refractivity contribution < 1.29 is 13.2 Å². The Balaban J connectivity index is 1.11. The van der Waals surface area contributed by atoms with E-state index in [1.807, 2.05) is 19.9 Å². The summed E-state index contributed by atoms with van der Waals surface area (Å²) < 4.78 is 41.4. The van der Waals surface area contributed by atoms with E-state index in [0.717, 1.165) is 87.2 Å². The highest BCUT2D eigenvalue weighted by Gasteiger charge is 2.32. The number of hydrogen-bond acceptors (Lipinski definition) is 8. The number of fused-ring (bicyclic) bond motifs is 2. The molecule has 2 aliphatic heterocycles. The number of piperidine rings is 2. The highest BCUT2D eigenvalue weighted by atomic mass is 32.1. The molecule has 48 heavy (non-hydrogen) atoms. The molecule has 12 heteroatoms. The lowest BCUT2D eigenvalue weighted by Gasteiger charge is -2.38. The zero-order valence-electron chi connectivity index (χ0n) is 28.1. The largest absolute Gasteiger partial charge is 0.393 e. The number of aryl methyl sites for hydroxylation is 2. The minimum absolute atomic E-state index is 0.168. The molecule has 0 radical (unpaired) electrons. The lowest BCUT2D eigenvalue weighted by Crippen LogP contribution is -2.44. The summed E-state index contributed by atoms with van der Waals surface area (Å²) in [6.07, 6.45) is -1.09. The molecule has 1 aromatic carbocycles. The van der Waals surface area contributed by atoms with Gasteiger partial charge in [-0.3, -0.25) is 9.80 Å². The van der Waals surface area contributed by atoms with Gasteiger partial charge in [0.1, 0.15) is 28.2 Å². The van der Waals surface area contributed by atoms with Crippen molar-refractivity contribution in [1.82, 2.24) is 24.3 Å². The molecule has 4 aromatic rings. The number of nitrogens with zero attached hydrogens (tertiary/aromatic N) is 7. The molecule has 5 heterocycles. The third-order valence-corrected chi connectivity index (χ3v) is 11.4. The predicted octanol–water partition coefficient (Wildman–Crippen LogP) is 7.58. The number of likely N-dealkylation sites (tertiary alicyclic amines) is 2. The first kappa shape index (κ1) is 34.2. The van der Waals surface area contributed by atoms with Crippen molar-refractivity contribution >= 4 is 38.3 Å². The van der Waals surface area contributed by atoms with Crippen LogP contribution in [-0.2, 0) is 25.9 Å². The van der Waals surface area contributed by atoms with Gasteiger partial charge in [0.2, 0.25) is 0 Å². The molecular weight excluding hydrogens is 634 g/mol. The molecule has 0 unspecified atom stereocenters. The maximum atomic E-state index is 13.1. The van der Waals surface area contributed by atoms with Crippen molar-refractivity contribution in [1.29, 1.82) is 10.5 Å². The summed E-state index contributed by atoms with van der Waals surface area (Å²) in [6, 6.07) is 13.3. The maximum absolute atomic E-state index is 13.1. The first-order valence-electron chi connectivity index (χ1n) is 16.9. The predicted molar refractivity (Wildman–Crippen MR) is 184 cm³/mol. The third kappa shape index (κ3) is 7.31. The summed E-state index contributed by atoms with van der Waals surface area (Å²) in [5.74, 6) is 1.26. The third-order valence-electron chi connectivity index (χ3n) is 10.3. The number of benzene rings is 1. The van der Waals surface area contributed by atoms with Crippen molar-refractivity contribution in [2.75, 3.05) is 31.5 Å². The van der Waals surface area contributed by atoms with Crippen LogP contribution in [0.2, 0.25) is 0 Å². The molecule has 6 rings (SSSR count). The minimum Gasteiger partial charge on any atom is -0.367 e. The van der Waals surface area contributed by atoms with Gasteiger partial charge in [-0.25, -0.2) is 9.97 Å². The van der Waals surface area contributed by atoms with Crippen molar-refractivity contribution in [2.24, 2.45) is 5.41 Å². The fourth-order valence-electron chi connectivity index (χ4n) is 7.17. The summed E-state index contributed by atoms with van der Waals surface area (Å²) in [7, 11) is 0. The Morgan fingerprint density at radius 1 is 1.08 bits per heavy atom. The molecule has 2 aliphatic rings. The van der Waals surface area contributed by atoms with E-state index in [2.05, 4.69) is 67.8 Å². The number of alkyl halides is 3. The highest BCUT2D eigenvalue weighted by Crippen LogP contribution is 2.35. The molecule has 8 nitrogen and oxygen atoms in total. The van der Waals surface area contributed by atoms with E-state index in [-0.39, 0.29) is 22.4 Å². The number of hydrogen-bond donors (Lipinski definition) is 1. The van der Waals surface area contributed by atoms with Crippen LogP contribution in [0.15, 0.2) is 24.3 Å². The van der Waals surface area contributed by atoms with Crippen LogP contribution in [0.1, 0.15) is 74.0 Å². The molecule has 1 atom stereocenters. The molecule has 3 aromatic heterocycles. The Morgan fingerprint density at radius 2 is 1.81 bits per heavy atom. The molecule has 2 saturated heterocycles. The lowest BCUT2D eigenvalue weighted by molar-refractivity contribution is -0.126. The van der Waals surface area contributed by atoms with E-state index in [9.17, 15) is 23.7 Å². The molecule has 0 aliphatic carbocycles. The summed E-state index contributed by atoms with van der Waals surface area (Å²) in [5, 5.41) is 24.9. The van der Waals surface area contributed by atoms with E-state index in [1.165, 1.54) is 11.1 Å². The van der Waals surface area contributed by atoms with Crippen LogP contribution in [0, 0.1) is 35.0 Å². The average molecular weight is 677 g/mol. The van der Waals surface area contributed by atoms with Crippen LogP contribution in [0.4, 0.5) is 19.0 Å². The van der Waals surface area contributed by atoms with Crippen molar-refractivity contribution in [2.45, 2.75) is 97.6 Å². The Morgan fingerprint density at radius 3 is 2.46 bits per heavy atom. The Bertz CT molecular complexity index is 1860. The minimum atomic E-state index is -4.26. The molecule has 254 valence electrons. The van der Waals surface area contributed by atoms with Crippen molar-refractivity contribution in [3.8, 4) is 12.1 Å². The smallest absolute Gasteiger partial charge is 0.367 e. The highest BCUT2D eigenvalue weighted by molar-refractivity contribution is 7.18. The van der Waals surface area contributed by atoms with Crippen LogP contribution in [0.25, 0.3) is 21.1 Å². The van der Waals surface area contributed by atoms with E-state index in [0.29, 0.717) is 34.0 Å². The van der Waals surface area contributed by atoms with Crippen LogP contribution >= 0.6 is 11.3 Å². The summed E-state index contributed by atoms with van der Waals surface area (Å²) in [4.78, 5) is 14.9. The quantitative estimate of drug-likeness (QED) is 0.195. The van der Waals surface area contributed by atoms with Crippen molar-refractivity contribution in [3.05, 3.63) is 51.8 Å². The van der Waals surface area contributed by atoms with Gasteiger partial charge in [-0.1, -0.05) is 13.0 Å². The van der Waals surface area contributed by atoms with Gasteiger partial charge in [0, 0.05) is 60.5 Å². The number of anilines is 1. The molecule has 2 fully saturated rings. The number of rotatable bonds is 9. The Kier molecular flexibility index (Phi) is 9.72. The standard InChI is InChI=1S/C36H43F3N8S/c1-5-32-43-33(30-17-28(18-36(37,38)39)48-34(30)44-32)42-26-8-12-45(13-9-26)21-25-6-7-31-29(24(25)3)16-27(19-40)47(31)20-23(2)46-14-10-35(4,22-41)11-15-46/h6-7,16-17,23,26H,5,8-15,18,20-21H2,1-4H3,(H,42,43,44)/t23-/m0/s1. The van der Waals surface area contributed by atoms with Crippen LogP contribution in [0.5, 0.6) is 0 Å². The van der Waals surface area contributed by atoms with Gasteiger partial charge in [-0.05, 0) is 88.9 Å². The first-order valence-corrected chi connectivity index (χ1v) is 17.7. The molecule has 0 amide bonds.